The van der Waals surface area contributed by atoms with Crippen molar-refractivity contribution in [2.75, 3.05) is 26.1 Å². The summed E-state index contributed by atoms with van der Waals surface area (Å²) in [5.74, 6) is 1.55. The zero-order chi connectivity index (χ0) is 20.9. The van der Waals surface area contributed by atoms with Crippen LogP contribution in [0.25, 0.3) is 21.3 Å². The van der Waals surface area contributed by atoms with Crippen LogP contribution in [-0.4, -0.2) is 36.9 Å². The summed E-state index contributed by atoms with van der Waals surface area (Å²) in [6.45, 7) is -0.121. The molecule has 0 spiro atoms. The largest absolute Gasteiger partial charge is 0.493 e. The van der Waals surface area contributed by atoms with Gasteiger partial charge in [0, 0.05) is 5.56 Å². The second kappa shape index (κ2) is 8.79. The predicted octanol–water partition coefficient (Wildman–Crippen LogP) is 4.39. The average molecular weight is 421 g/mol. The number of carbonyl (C=O) groups is 1. The van der Waals surface area contributed by atoms with E-state index in [4.69, 9.17) is 14.2 Å². The number of anilines is 1. The summed E-state index contributed by atoms with van der Waals surface area (Å²) in [5, 5.41) is 14.1. The van der Waals surface area contributed by atoms with Gasteiger partial charge in [-0.1, -0.05) is 41.7 Å². The summed E-state index contributed by atoms with van der Waals surface area (Å²) >= 11 is 1.26. The first kappa shape index (κ1) is 19.7. The molecule has 8 heteroatoms. The van der Waals surface area contributed by atoms with Gasteiger partial charge in [-0.25, -0.2) is 0 Å². The van der Waals surface area contributed by atoms with E-state index in [1.54, 1.807) is 20.3 Å². The molecule has 0 unspecified atom stereocenters. The lowest BCUT2D eigenvalue weighted by atomic mass is 10.1. The third-order valence-electron chi connectivity index (χ3n) is 4.39. The first-order valence-electron chi connectivity index (χ1n) is 9.13. The Bertz CT molecular complexity index is 1190. The van der Waals surface area contributed by atoms with Gasteiger partial charge < -0.3 is 14.2 Å². The molecule has 1 N–H and O–H groups in total. The van der Waals surface area contributed by atoms with Crippen LogP contribution < -0.4 is 19.5 Å². The van der Waals surface area contributed by atoms with E-state index in [2.05, 4.69) is 15.5 Å². The van der Waals surface area contributed by atoms with Gasteiger partial charge in [-0.2, -0.15) is 0 Å². The van der Waals surface area contributed by atoms with Gasteiger partial charge in [-0.15, -0.1) is 10.2 Å². The number of nitrogens with one attached hydrogen (secondary N) is 1. The lowest BCUT2D eigenvalue weighted by Crippen LogP contribution is -2.20. The Morgan fingerprint density at radius 1 is 0.933 bits per heavy atom. The van der Waals surface area contributed by atoms with Crippen LogP contribution in [0.4, 0.5) is 5.13 Å². The summed E-state index contributed by atoms with van der Waals surface area (Å²) in [6, 6.07) is 19.1. The van der Waals surface area contributed by atoms with Crippen molar-refractivity contribution in [1.29, 1.82) is 0 Å². The average Bonchev–Trinajstić information content (AvgIpc) is 3.25. The lowest BCUT2D eigenvalue weighted by Gasteiger charge is -2.08. The Labute approximate surface area is 177 Å². The molecule has 0 radical (unpaired) electrons. The van der Waals surface area contributed by atoms with Crippen LogP contribution in [0, 0.1) is 0 Å². The third-order valence-corrected chi connectivity index (χ3v) is 5.28. The molecule has 1 aromatic heterocycles. The number of hydrogen-bond donors (Lipinski definition) is 1. The minimum absolute atomic E-state index is 0.121. The normalized spacial score (nSPS) is 10.6. The summed E-state index contributed by atoms with van der Waals surface area (Å²) in [6.07, 6.45) is 0. The number of rotatable bonds is 7. The van der Waals surface area contributed by atoms with E-state index >= 15 is 0 Å². The molecule has 4 aromatic rings. The Kier molecular flexibility index (Phi) is 5.76. The summed E-state index contributed by atoms with van der Waals surface area (Å²) in [5.41, 5.74) is 0.818. The highest BCUT2D eigenvalue weighted by Gasteiger charge is 2.13. The molecular formula is C22H19N3O4S. The molecule has 3 aromatic carbocycles. The van der Waals surface area contributed by atoms with E-state index in [0.717, 1.165) is 16.3 Å². The molecule has 0 aliphatic heterocycles. The number of benzene rings is 3. The number of ether oxygens (including phenoxy) is 3. The first-order chi connectivity index (χ1) is 14.7. The van der Waals surface area contributed by atoms with Crippen molar-refractivity contribution in [3.8, 4) is 27.8 Å². The molecule has 0 aliphatic rings. The molecule has 7 nitrogen and oxygen atoms in total. The molecule has 152 valence electrons. The lowest BCUT2D eigenvalue weighted by molar-refractivity contribution is -0.118. The first-order valence-corrected chi connectivity index (χ1v) is 9.95. The standard InChI is InChI=1S/C22H19N3O4S/c1-27-18-10-8-16(12-19(18)28-2)21-24-25-22(30-21)23-20(26)13-29-17-9-7-14-5-3-4-6-15(14)11-17/h3-12H,13H2,1-2H3,(H,23,25,26). The highest BCUT2D eigenvalue weighted by atomic mass is 32.1. The predicted molar refractivity (Wildman–Crippen MR) is 117 cm³/mol. The zero-order valence-electron chi connectivity index (χ0n) is 16.4. The highest BCUT2D eigenvalue weighted by molar-refractivity contribution is 7.18. The van der Waals surface area contributed by atoms with Crippen molar-refractivity contribution in [1.82, 2.24) is 10.2 Å². The minimum Gasteiger partial charge on any atom is -0.493 e. The number of hydrogen-bond acceptors (Lipinski definition) is 7. The van der Waals surface area contributed by atoms with Crippen LogP contribution in [0.5, 0.6) is 17.2 Å². The number of fused-ring (bicyclic) bond motifs is 1. The minimum atomic E-state index is -0.307. The Morgan fingerprint density at radius 2 is 1.73 bits per heavy atom. The Hall–Kier alpha value is -3.65. The molecule has 1 heterocycles. The quantitative estimate of drug-likeness (QED) is 0.476. The van der Waals surface area contributed by atoms with Gasteiger partial charge in [0.05, 0.1) is 14.2 Å². The maximum atomic E-state index is 12.2. The van der Waals surface area contributed by atoms with Gasteiger partial charge in [0.1, 0.15) is 10.8 Å². The monoisotopic (exact) mass is 421 g/mol. The fourth-order valence-corrected chi connectivity index (χ4v) is 3.68. The van der Waals surface area contributed by atoms with E-state index in [0.29, 0.717) is 27.4 Å². The fourth-order valence-electron chi connectivity index (χ4n) is 2.92. The van der Waals surface area contributed by atoms with Gasteiger partial charge in [0.15, 0.2) is 18.1 Å². The number of nitrogens with zero attached hydrogens (tertiary/aromatic N) is 2. The number of carbonyl (C=O) groups excluding carboxylic acids is 1. The highest BCUT2D eigenvalue weighted by Crippen LogP contribution is 2.34. The molecule has 1 amide bonds. The van der Waals surface area contributed by atoms with Crippen LogP contribution in [0.15, 0.2) is 60.7 Å². The van der Waals surface area contributed by atoms with Crippen molar-refractivity contribution in [2.24, 2.45) is 0 Å². The molecular weight excluding hydrogens is 402 g/mol. The maximum Gasteiger partial charge on any atom is 0.264 e. The Morgan fingerprint density at radius 3 is 2.53 bits per heavy atom. The summed E-state index contributed by atoms with van der Waals surface area (Å²) in [7, 11) is 3.15. The molecule has 30 heavy (non-hydrogen) atoms. The van der Waals surface area contributed by atoms with Crippen molar-refractivity contribution in [2.45, 2.75) is 0 Å². The van der Waals surface area contributed by atoms with Crippen molar-refractivity contribution >= 4 is 33.1 Å². The number of amides is 1. The van der Waals surface area contributed by atoms with Gasteiger partial charge in [-0.3, -0.25) is 10.1 Å². The molecule has 4 rings (SSSR count). The molecule has 0 saturated carbocycles. The maximum absolute atomic E-state index is 12.2. The molecule has 0 aliphatic carbocycles. The molecule has 0 fully saturated rings. The van der Waals surface area contributed by atoms with E-state index in [1.165, 1.54) is 11.3 Å². The summed E-state index contributed by atoms with van der Waals surface area (Å²) < 4.78 is 16.2. The van der Waals surface area contributed by atoms with Crippen LogP contribution in [0.1, 0.15) is 0 Å². The van der Waals surface area contributed by atoms with Crippen LogP contribution in [0.3, 0.4) is 0 Å². The number of methoxy groups -OCH3 is 2. The molecule has 0 saturated heterocycles. The number of aromatic nitrogens is 2. The Balaban J connectivity index is 1.39. The molecule has 0 bridgehead atoms. The van der Waals surface area contributed by atoms with Gasteiger partial charge in [-0.05, 0) is 41.1 Å². The van der Waals surface area contributed by atoms with Gasteiger partial charge in [0.2, 0.25) is 5.13 Å². The van der Waals surface area contributed by atoms with Gasteiger partial charge in [0.25, 0.3) is 5.91 Å². The van der Waals surface area contributed by atoms with E-state index in [-0.39, 0.29) is 12.5 Å². The summed E-state index contributed by atoms with van der Waals surface area (Å²) in [4.78, 5) is 12.2. The van der Waals surface area contributed by atoms with Crippen molar-refractivity contribution in [3.05, 3.63) is 60.7 Å². The SMILES string of the molecule is COc1ccc(-c2nnc(NC(=O)COc3ccc4ccccc4c3)s2)cc1OC. The van der Waals surface area contributed by atoms with Crippen molar-refractivity contribution < 1.29 is 19.0 Å². The van der Waals surface area contributed by atoms with Crippen molar-refractivity contribution in [3.63, 3.8) is 0 Å². The van der Waals surface area contributed by atoms with Crippen LogP contribution in [0.2, 0.25) is 0 Å². The second-order valence-corrected chi connectivity index (χ2v) is 7.31. The van der Waals surface area contributed by atoms with E-state index < -0.39 is 0 Å². The topological polar surface area (TPSA) is 82.6 Å². The van der Waals surface area contributed by atoms with E-state index in [1.807, 2.05) is 54.6 Å². The second-order valence-electron chi connectivity index (χ2n) is 6.33. The third kappa shape index (κ3) is 4.33. The van der Waals surface area contributed by atoms with E-state index in [9.17, 15) is 4.79 Å². The van der Waals surface area contributed by atoms with Crippen LogP contribution in [-0.2, 0) is 4.79 Å². The fraction of sp³-hybridized carbons (Fsp3) is 0.136. The van der Waals surface area contributed by atoms with Gasteiger partial charge >= 0.3 is 0 Å². The smallest absolute Gasteiger partial charge is 0.264 e. The molecule has 0 atom stereocenters. The van der Waals surface area contributed by atoms with Crippen LogP contribution >= 0.6 is 11.3 Å². The zero-order valence-corrected chi connectivity index (χ0v) is 17.2.